The third-order valence-electron chi connectivity index (χ3n) is 2.80. The molecule has 0 saturated heterocycles. The molecule has 1 aliphatic rings. The molecular weight excluding hydrogens is 248 g/mol. The van der Waals surface area contributed by atoms with Crippen LogP contribution in [0.3, 0.4) is 0 Å². The summed E-state index contributed by atoms with van der Waals surface area (Å²) in [5, 5.41) is 0. The first-order valence-electron chi connectivity index (χ1n) is 5.75. The van der Waals surface area contributed by atoms with E-state index in [1.807, 2.05) is 30.3 Å². The molecule has 1 saturated carbocycles. The summed E-state index contributed by atoms with van der Waals surface area (Å²) in [5.74, 6) is -2.68. The van der Waals surface area contributed by atoms with E-state index in [1.165, 1.54) is 0 Å². The molecule has 6 heteroatoms. The van der Waals surface area contributed by atoms with Gasteiger partial charge >= 0.3 is 0 Å². The zero-order valence-corrected chi connectivity index (χ0v) is 10.1. The van der Waals surface area contributed by atoms with Crippen molar-refractivity contribution in [1.29, 1.82) is 0 Å². The van der Waals surface area contributed by atoms with Gasteiger partial charge in [-0.2, -0.15) is 5.48 Å². The van der Waals surface area contributed by atoms with Gasteiger partial charge in [0.2, 0.25) is 17.5 Å². The lowest BCUT2D eigenvalue weighted by molar-refractivity contribution is -0.149. The van der Waals surface area contributed by atoms with Crippen molar-refractivity contribution in [1.82, 2.24) is 5.48 Å². The van der Waals surface area contributed by atoms with Gasteiger partial charge in [0, 0.05) is 6.42 Å². The predicted octanol–water partition coefficient (Wildman–Crippen LogP) is -0.117. The number of carbonyl (C=O) groups excluding carboxylic acids is 3. The van der Waals surface area contributed by atoms with Gasteiger partial charge in [-0.25, -0.2) is 0 Å². The third-order valence-corrected chi connectivity index (χ3v) is 2.80. The molecule has 1 radical (unpaired) electrons. The van der Waals surface area contributed by atoms with E-state index >= 15 is 0 Å². The highest BCUT2D eigenvalue weighted by atomic mass is 16.6. The number of amides is 1. The predicted molar refractivity (Wildman–Crippen MR) is 64.9 cm³/mol. The Labute approximate surface area is 109 Å². The molecule has 1 amide bonds. The average molecular weight is 261 g/mol. The maximum Gasteiger partial charge on any atom is 0.224 e. The molecule has 0 aromatic heterocycles. The van der Waals surface area contributed by atoms with Gasteiger partial charge in [-0.1, -0.05) is 30.3 Å². The lowest BCUT2D eigenvalue weighted by Gasteiger charge is -2.31. The summed E-state index contributed by atoms with van der Waals surface area (Å²) in [5.41, 5.74) is 8.37. The van der Waals surface area contributed by atoms with Gasteiger partial charge in [0.1, 0.15) is 6.04 Å². The van der Waals surface area contributed by atoms with Crippen LogP contribution in [0.25, 0.3) is 0 Å². The van der Waals surface area contributed by atoms with Crippen LogP contribution in [-0.2, 0) is 25.8 Å². The van der Waals surface area contributed by atoms with Gasteiger partial charge in [0.15, 0.2) is 0 Å². The number of nitrogens with two attached hydrogens (primary N) is 1. The van der Waals surface area contributed by atoms with E-state index in [-0.39, 0.29) is 19.1 Å². The Morgan fingerprint density at radius 1 is 1.26 bits per heavy atom. The van der Waals surface area contributed by atoms with E-state index in [0.717, 1.165) is 5.56 Å². The van der Waals surface area contributed by atoms with Crippen molar-refractivity contribution in [3.8, 4) is 0 Å². The molecule has 1 aliphatic carbocycles. The fourth-order valence-corrected chi connectivity index (χ4v) is 1.79. The first-order valence-corrected chi connectivity index (χ1v) is 5.75. The molecule has 1 aromatic carbocycles. The summed E-state index contributed by atoms with van der Waals surface area (Å²) in [6.45, 7) is 0.245. The van der Waals surface area contributed by atoms with Crippen molar-refractivity contribution >= 4 is 17.5 Å². The van der Waals surface area contributed by atoms with Gasteiger partial charge in [-0.15, -0.1) is 0 Å². The molecule has 6 nitrogen and oxygen atoms in total. The maximum absolute atomic E-state index is 11.3. The lowest BCUT2D eigenvalue weighted by atomic mass is 9.75. The zero-order valence-electron chi connectivity index (χ0n) is 10.1. The Kier molecular flexibility index (Phi) is 4.03. The molecule has 1 aromatic rings. The number of ketones is 2. The molecule has 0 bridgehead atoms. The van der Waals surface area contributed by atoms with Crippen LogP contribution >= 0.6 is 0 Å². The number of primary amides is 1. The Morgan fingerprint density at radius 2 is 1.95 bits per heavy atom. The molecule has 0 heterocycles. The summed E-state index contributed by atoms with van der Waals surface area (Å²) in [7, 11) is 0. The zero-order chi connectivity index (χ0) is 13.8. The highest BCUT2D eigenvalue weighted by molar-refractivity contribution is 6.51. The Bertz CT molecular complexity index is 501. The van der Waals surface area contributed by atoms with Crippen molar-refractivity contribution in [2.75, 3.05) is 0 Å². The minimum absolute atomic E-state index is 0.0970. The average Bonchev–Trinajstić information content (AvgIpc) is 2.42. The second-order valence-corrected chi connectivity index (χ2v) is 4.21. The quantitative estimate of drug-likeness (QED) is 0.549. The molecule has 3 N–H and O–H groups in total. The fourth-order valence-electron chi connectivity index (χ4n) is 1.79. The molecule has 19 heavy (non-hydrogen) atoms. The lowest BCUT2D eigenvalue weighted by Crippen LogP contribution is -2.54. The van der Waals surface area contributed by atoms with Crippen molar-refractivity contribution in [2.45, 2.75) is 13.0 Å². The normalized spacial score (nSPS) is 19.3. The third kappa shape index (κ3) is 3.04. The van der Waals surface area contributed by atoms with Gasteiger partial charge in [0.05, 0.1) is 12.5 Å². The Balaban J connectivity index is 1.83. The van der Waals surface area contributed by atoms with Crippen LogP contribution in [0.1, 0.15) is 12.0 Å². The Morgan fingerprint density at radius 3 is 2.58 bits per heavy atom. The number of benzene rings is 1. The van der Waals surface area contributed by atoms with Crippen LogP contribution in [0.2, 0.25) is 0 Å². The largest absolute Gasteiger partial charge is 0.370 e. The summed E-state index contributed by atoms with van der Waals surface area (Å²) >= 11 is 0. The van der Waals surface area contributed by atoms with Gasteiger partial charge < -0.3 is 5.73 Å². The van der Waals surface area contributed by atoms with E-state index in [0.29, 0.717) is 0 Å². The second-order valence-electron chi connectivity index (χ2n) is 4.21. The minimum Gasteiger partial charge on any atom is -0.370 e. The molecule has 1 atom stereocenters. The molecule has 0 spiro atoms. The SMILES string of the molecule is NC(=O)CC1[C](NOCc2ccccc2)C(=O)C1=O. The number of nitrogens with one attached hydrogen (secondary N) is 1. The van der Waals surface area contributed by atoms with Crippen LogP contribution in [0.4, 0.5) is 0 Å². The molecule has 2 rings (SSSR count). The van der Waals surface area contributed by atoms with Crippen LogP contribution in [-0.4, -0.2) is 17.5 Å². The minimum atomic E-state index is -0.791. The van der Waals surface area contributed by atoms with Crippen molar-refractivity contribution in [3.63, 3.8) is 0 Å². The number of hydrogen-bond acceptors (Lipinski definition) is 5. The highest BCUT2D eigenvalue weighted by Crippen LogP contribution is 2.29. The second kappa shape index (κ2) is 5.73. The monoisotopic (exact) mass is 261 g/mol. The van der Waals surface area contributed by atoms with Gasteiger partial charge in [-0.3, -0.25) is 19.2 Å². The number of hydroxylamine groups is 1. The number of rotatable bonds is 6. The number of hydrogen-bond donors (Lipinski definition) is 2. The van der Waals surface area contributed by atoms with E-state index in [9.17, 15) is 14.4 Å². The summed E-state index contributed by atoms with van der Waals surface area (Å²) < 4.78 is 0. The van der Waals surface area contributed by atoms with Gasteiger partial charge in [-0.05, 0) is 5.56 Å². The van der Waals surface area contributed by atoms with E-state index in [4.69, 9.17) is 10.6 Å². The number of carbonyl (C=O) groups is 3. The molecule has 99 valence electrons. The van der Waals surface area contributed by atoms with Crippen molar-refractivity contribution < 1.29 is 19.2 Å². The topological polar surface area (TPSA) is 98.5 Å². The van der Waals surface area contributed by atoms with Crippen LogP contribution in [0.5, 0.6) is 0 Å². The van der Waals surface area contributed by atoms with E-state index < -0.39 is 23.4 Å². The summed E-state index contributed by atoms with van der Waals surface area (Å²) in [4.78, 5) is 38.5. The van der Waals surface area contributed by atoms with Crippen molar-refractivity contribution in [3.05, 3.63) is 41.9 Å². The summed E-state index contributed by atoms with van der Waals surface area (Å²) in [6.07, 6.45) is -0.179. The van der Waals surface area contributed by atoms with E-state index in [1.54, 1.807) is 0 Å². The standard InChI is InChI=1S/C13H13N2O4/c14-10(16)6-9-11(13(18)12(9)17)15-19-7-8-4-2-1-3-5-8/h1-5,9,15H,6-7H2,(H2,14,16). The molecule has 0 aliphatic heterocycles. The molecule has 1 unspecified atom stereocenters. The first-order chi connectivity index (χ1) is 9.09. The molecule has 1 fully saturated rings. The van der Waals surface area contributed by atoms with Gasteiger partial charge in [0.25, 0.3) is 0 Å². The van der Waals surface area contributed by atoms with Crippen LogP contribution in [0, 0.1) is 12.0 Å². The van der Waals surface area contributed by atoms with Crippen LogP contribution in [0.15, 0.2) is 30.3 Å². The first kappa shape index (κ1) is 13.4. The smallest absolute Gasteiger partial charge is 0.224 e. The van der Waals surface area contributed by atoms with Crippen molar-refractivity contribution in [2.24, 2.45) is 11.7 Å². The molecular formula is C13H13N2O4. The van der Waals surface area contributed by atoms with E-state index in [2.05, 4.69) is 5.48 Å². The number of Topliss-reactive ketones (excluding diaryl/α,β-unsaturated/α-hetero) is 2. The highest BCUT2D eigenvalue weighted by Gasteiger charge is 2.50. The van der Waals surface area contributed by atoms with Crippen LogP contribution < -0.4 is 11.2 Å². The summed E-state index contributed by atoms with van der Waals surface area (Å²) in [6, 6.07) is 9.42. The Hall–Kier alpha value is -2.05. The fraction of sp³-hybridized carbons (Fsp3) is 0.231. The maximum atomic E-state index is 11.3.